The van der Waals surface area contributed by atoms with Crippen LogP contribution in [-0.4, -0.2) is 0 Å². The molecule has 0 atom stereocenters. The Morgan fingerprint density at radius 1 is 1.43 bits per heavy atom. The first kappa shape index (κ1) is 5.43. The van der Waals surface area contributed by atoms with Gasteiger partial charge in [-0.15, -0.1) is 0 Å². The number of hydrogen-bond donors (Lipinski definition) is 0. The second-order valence-corrected chi connectivity index (χ2v) is 2.41. The van der Waals surface area contributed by atoms with Gasteiger partial charge in [-0.25, -0.2) is 0 Å². The van der Waals surface area contributed by atoms with Gasteiger partial charge in [0.05, 0.1) is 0 Å². The third-order valence-electron chi connectivity index (χ3n) is 1.36. The summed E-state index contributed by atoms with van der Waals surface area (Å²) in [4.78, 5) is 0. The van der Waals surface area contributed by atoms with Crippen molar-refractivity contribution in [1.82, 2.24) is 0 Å². The van der Waals surface area contributed by atoms with Crippen LogP contribution in [0.15, 0.2) is 0 Å². The maximum atomic E-state index is 3.12. The van der Waals surface area contributed by atoms with Gasteiger partial charge >= 0.3 is 0 Å². The van der Waals surface area contributed by atoms with E-state index in [0.29, 0.717) is 0 Å². The predicted octanol–water partition coefficient (Wildman–Crippen LogP) is 2.18. The lowest BCUT2D eigenvalue weighted by atomic mass is 9.86. The number of rotatable bonds is 0. The number of halogens is 1. The summed E-state index contributed by atoms with van der Waals surface area (Å²) in [5.41, 5.74) is 0. The normalized spacial score (nSPS) is 19.6. The van der Waals surface area contributed by atoms with Crippen LogP contribution in [0.2, 0.25) is 0 Å². The zero-order valence-corrected chi connectivity index (χ0v) is 6.23. The predicted molar refractivity (Wildman–Crippen MR) is 39.1 cm³/mol. The highest BCUT2D eigenvalue weighted by atomic mass is 127. The van der Waals surface area contributed by atoms with Crippen molar-refractivity contribution in [2.24, 2.45) is 5.92 Å². The highest BCUT2D eigenvalue weighted by Gasteiger charge is 2.13. The van der Waals surface area contributed by atoms with Crippen LogP contribution >= 0.6 is 22.6 Å². The fraction of sp³-hybridized carbons (Fsp3) is 0.667. The molecule has 1 heteroatoms. The highest BCUT2D eigenvalue weighted by Crippen LogP contribution is 2.24. The topological polar surface area (TPSA) is 0 Å². The fourth-order valence-corrected chi connectivity index (χ4v) is 1.07. The summed E-state index contributed by atoms with van der Waals surface area (Å²) in [6, 6.07) is 0. The Balaban J connectivity index is 2.23. The van der Waals surface area contributed by atoms with E-state index in [0.717, 1.165) is 5.92 Å². The van der Waals surface area contributed by atoms with E-state index in [1.807, 2.05) is 0 Å². The van der Waals surface area contributed by atoms with Crippen LogP contribution in [0.5, 0.6) is 0 Å². The first-order valence-electron chi connectivity index (χ1n) is 2.54. The third-order valence-corrected chi connectivity index (χ3v) is 1.68. The van der Waals surface area contributed by atoms with Gasteiger partial charge in [0.1, 0.15) is 0 Å². The lowest BCUT2D eigenvalue weighted by molar-refractivity contribution is 0.402. The molecule has 0 unspecified atom stereocenters. The van der Waals surface area contributed by atoms with Crippen LogP contribution in [0.25, 0.3) is 0 Å². The Bertz CT molecular complexity index is 103. The van der Waals surface area contributed by atoms with Crippen LogP contribution in [-0.2, 0) is 0 Å². The molecule has 1 saturated carbocycles. The molecular formula is C6H7I. The third kappa shape index (κ3) is 1.34. The minimum Gasteiger partial charge on any atom is -0.0885 e. The first-order valence-corrected chi connectivity index (χ1v) is 3.62. The van der Waals surface area contributed by atoms with Gasteiger partial charge in [-0.05, 0) is 16.8 Å². The van der Waals surface area contributed by atoms with Gasteiger partial charge in [-0.2, -0.15) is 0 Å². The Hall–Kier alpha value is 0.290. The molecule has 1 rings (SSSR count). The van der Waals surface area contributed by atoms with E-state index in [1.165, 1.54) is 19.3 Å². The maximum Gasteiger partial charge on any atom is 0.0211 e. The summed E-state index contributed by atoms with van der Waals surface area (Å²) in [5, 5.41) is 0. The first-order chi connectivity index (χ1) is 3.43. The van der Waals surface area contributed by atoms with E-state index in [9.17, 15) is 0 Å². The van der Waals surface area contributed by atoms with Gasteiger partial charge in [0.2, 0.25) is 0 Å². The smallest absolute Gasteiger partial charge is 0.0211 e. The van der Waals surface area contributed by atoms with Crippen LogP contribution in [0.4, 0.5) is 0 Å². The van der Waals surface area contributed by atoms with Crippen LogP contribution in [0, 0.1) is 15.8 Å². The lowest BCUT2D eigenvalue weighted by Gasteiger charge is -2.18. The zero-order chi connectivity index (χ0) is 5.11. The molecule has 0 aromatic heterocycles. The molecule has 0 radical (unpaired) electrons. The van der Waals surface area contributed by atoms with Crippen molar-refractivity contribution in [2.75, 3.05) is 0 Å². The molecule has 7 heavy (non-hydrogen) atoms. The van der Waals surface area contributed by atoms with Crippen molar-refractivity contribution in [3.63, 3.8) is 0 Å². The Kier molecular flexibility index (Phi) is 1.99. The summed E-state index contributed by atoms with van der Waals surface area (Å²) >= 11 is 2.10. The van der Waals surface area contributed by atoms with Gasteiger partial charge in [-0.1, -0.05) is 12.3 Å². The molecule has 0 bridgehead atoms. The molecule has 0 saturated heterocycles. The quantitative estimate of drug-likeness (QED) is 0.421. The van der Waals surface area contributed by atoms with E-state index in [1.54, 1.807) is 0 Å². The highest BCUT2D eigenvalue weighted by molar-refractivity contribution is 14.1. The molecule has 0 heterocycles. The average Bonchev–Trinajstić information content (AvgIpc) is 1.55. The molecule has 0 amide bonds. The second-order valence-electron chi connectivity index (χ2n) is 1.87. The van der Waals surface area contributed by atoms with Crippen LogP contribution in [0.1, 0.15) is 19.3 Å². The minimum absolute atomic E-state index is 0.761. The van der Waals surface area contributed by atoms with E-state index in [-0.39, 0.29) is 0 Å². The van der Waals surface area contributed by atoms with Gasteiger partial charge < -0.3 is 0 Å². The molecule has 0 spiro atoms. The summed E-state index contributed by atoms with van der Waals surface area (Å²) < 4.78 is 2.89. The van der Waals surface area contributed by atoms with E-state index in [4.69, 9.17) is 0 Å². The standard InChI is InChI=1S/C6H7I/c7-5-4-6-2-1-3-6/h6H,1-3H2. The van der Waals surface area contributed by atoms with E-state index >= 15 is 0 Å². The molecule has 1 aliphatic carbocycles. The van der Waals surface area contributed by atoms with Crippen molar-refractivity contribution in [3.8, 4) is 9.85 Å². The van der Waals surface area contributed by atoms with Crippen LogP contribution in [0.3, 0.4) is 0 Å². The maximum absolute atomic E-state index is 3.12. The van der Waals surface area contributed by atoms with Gasteiger partial charge in [0.25, 0.3) is 0 Å². The molecule has 0 N–H and O–H groups in total. The lowest BCUT2D eigenvalue weighted by Crippen LogP contribution is -2.06. The van der Waals surface area contributed by atoms with E-state index < -0.39 is 0 Å². The molecule has 0 aromatic rings. The molecule has 1 aliphatic rings. The van der Waals surface area contributed by atoms with Crippen molar-refractivity contribution < 1.29 is 0 Å². The van der Waals surface area contributed by atoms with E-state index in [2.05, 4.69) is 32.4 Å². The summed E-state index contributed by atoms with van der Waals surface area (Å²) in [6.45, 7) is 0. The molecule has 0 aliphatic heterocycles. The summed E-state index contributed by atoms with van der Waals surface area (Å²) in [7, 11) is 0. The molecule has 1 fully saturated rings. The largest absolute Gasteiger partial charge is 0.0885 e. The van der Waals surface area contributed by atoms with Crippen LogP contribution < -0.4 is 0 Å². The van der Waals surface area contributed by atoms with Gasteiger partial charge in [0.15, 0.2) is 0 Å². The average molecular weight is 206 g/mol. The fourth-order valence-electron chi connectivity index (χ4n) is 0.630. The Morgan fingerprint density at radius 3 is 2.29 bits per heavy atom. The molecule has 0 aromatic carbocycles. The minimum atomic E-state index is 0.761. The Morgan fingerprint density at radius 2 is 2.14 bits per heavy atom. The Labute approximate surface area is 57.8 Å². The molecular weight excluding hydrogens is 199 g/mol. The molecule has 38 valence electrons. The number of hydrogen-bond acceptors (Lipinski definition) is 0. The zero-order valence-electron chi connectivity index (χ0n) is 4.08. The van der Waals surface area contributed by atoms with Crippen molar-refractivity contribution in [1.29, 1.82) is 0 Å². The monoisotopic (exact) mass is 206 g/mol. The van der Waals surface area contributed by atoms with Gasteiger partial charge in [-0.3, -0.25) is 0 Å². The van der Waals surface area contributed by atoms with Crippen molar-refractivity contribution in [2.45, 2.75) is 19.3 Å². The van der Waals surface area contributed by atoms with Crippen molar-refractivity contribution >= 4 is 22.6 Å². The summed E-state index contributed by atoms with van der Waals surface area (Å²) in [6.07, 6.45) is 4.09. The second kappa shape index (κ2) is 2.56. The van der Waals surface area contributed by atoms with Crippen molar-refractivity contribution in [3.05, 3.63) is 0 Å². The van der Waals surface area contributed by atoms with Gasteiger partial charge in [0, 0.05) is 28.5 Å². The molecule has 0 nitrogen and oxygen atoms in total. The summed E-state index contributed by atoms with van der Waals surface area (Å²) in [5.74, 6) is 3.88. The SMILES string of the molecule is IC#CC1CCC1.